The number of hydrogen-bond acceptors (Lipinski definition) is 7. The Morgan fingerprint density at radius 2 is 1.52 bits per heavy atom. The lowest BCUT2D eigenvalue weighted by atomic mass is 9.98. The number of methoxy groups -OCH3 is 1. The Bertz CT molecular complexity index is 1640. The van der Waals surface area contributed by atoms with E-state index in [4.69, 9.17) is 9.47 Å². The van der Waals surface area contributed by atoms with Crippen molar-refractivity contribution in [3.05, 3.63) is 125 Å². The molecule has 0 aromatic heterocycles. The zero-order chi connectivity index (χ0) is 32.7. The van der Waals surface area contributed by atoms with Crippen molar-refractivity contribution in [1.82, 2.24) is 14.9 Å². The van der Waals surface area contributed by atoms with E-state index in [0.717, 1.165) is 22.3 Å². The summed E-state index contributed by atoms with van der Waals surface area (Å²) < 4.78 is 22.0. The second-order valence-corrected chi connectivity index (χ2v) is 12.7. The summed E-state index contributed by atoms with van der Waals surface area (Å²) in [5.41, 5.74) is 3.40. The van der Waals surface area contributed by atoms with Crippen LogP contribution in [-0.2, 0) is 24.1 Å². The molecule has 1 saturated heterocycles. The number of urea groups is 1. The molecule has 1 aliphatic heterocycles. The highest BCUT2D eigenvalue weighted by Crippen LogP contribution is 2.36. The van der Waals surface area contributed by atoms with Gasteiger partial charge in [0.15, 0.2) is 17.8 Å². The summed E-state index contributed by atoms with van der Waals surface area (Å²) in [5, 5.41) is 25.1. The van der Waals surface area contributed by atoms with Crippen LogP contribution in [0.15, 0.2) is 103 Å². The fraction of sp³-hybridized carbons (Fsp3) is 0.265. The molecule has 2 unspecified atom stereocenters. The van der Waals surface area contributed by atoms with Crippen LogP contribution in [0.3, 0.4) is 0 Å². The Hall–Kier alpha value is -4.38. The van der Waals surface area contributed by atoms with Crippen molar-refractivity contribution in [2.45, 2.75) is 38.2 Å². The van der Waals surface area contributed by atoms with Gasteiger partial charge in [-0.1, -0.05) is 78.9 Å². The molecule has 0 aliphatic carbocycles. The zero-order valence-corrected chi connectivity index (χ0v) is 26.3. The molecule has 242 valence electrons. The Balaban J connectivity index is 1.57. The molecule has 46 heavy (non-hydrogen) atoms. The average Bonchev–Trinajstić information content (AvgIpc) is 3.16. The molecule has 0 radical (unpaired) electrons. The van der Waals surface area contributed by atoms with Crippen LogP contribution in [0, 0.1) is 0 Å². The topological polar surface area (TPSA) is 143 Å². The first kappa shape index (κ1) is 33.0. The first-order valence-corrected chi connectivity index (χ1v) is 16.6. The number of carbonyl (C=O) groups is 1. The highest BCUT2D eigenvalue weighted by Gasteiger charge is 2.39. The number of ether oxygens (including phenoxy) is 2. The molecule has 0 bridgehead atoms. The van der Waals surface area contributed by atoms with E-state index in [9.17, 15) is 29.4 Å². The average molecular weight is 648 g/mol. The second-order valence-electron chi connectivity index (χ2n) is 11.1. The third-order valence-corrected chi connectivity index (χ3v) is 8.25. The minimum atomic E-state index is -4.37. The van der Waals surface area contributed by atoms with Crippen LogP contribution in [0.1, 0.15) is 34.7 Å². The quantitative estimate of drug-likeness (QED) is 0.151. The van der Waals surface area contributed by atoms with Crippen molar-refractivity contribution in [1.29, 1.82) is 0 Å². The number of aliphatic hydroxyl groups is 1. The number of hydrogen-bond donors (Lipinski definition) is 4. The van der Waals surface area contributed by atoms with Crippen LogP contribution in [0.25, 0.3) is 0 Å². The summed E-state index contributed by atoms with van der Waals surface area (Å²) in [4.78, 5) is 34.7. The summed E-state index contributed by atoms with van der Waals surface area (Å²) in [6.45, 7) is 0.824. The summed E-state index contributed by atoms with van der Waals surface area (Å²) in [6.07, 6.45) is -1.08. The molecule has 0 saturated carbocycles. The maximum absolute atomic E-state index is 14.7. The van der Waals surface area contributed by atoms with Gasteiger partial charge in [0.2, 0.25) is 0 Å². The lowest BCUT2D eigenvalue weighted by Crippen LogP contribution is -2.52. The SMILES string of the molecule is COc1cc(CN2CCC(O)N(Cc3ccccc3)C(=O)N2C(Cc2ccccc2)c2ccc(OCP(=O)(O)O)cc2)ccc1O. The third kappa shape index (κ3) is 8.45. The highest BCUT2D eigenvalue weighted by atomic mass is 31.2. The van der Waals surface area contributed by atoms with E-state index in [0.29, 0.717) is 18.7 Å². The van der Waals surface area contributed by atoms with Gasteiger partial charge in [-0.15, -0.1) is 0 Å². The van der Waals surface area contributed by atoms with E-state index in [1.165, 1.54) is 12.0 Å². The second kappa shape index (κ2) is 14.8. The number of carbonyl (C=O) groups excluding carboxylic acids is 1. The standard InChI is InChI=1S/C34H38N3O8P/c1-44-32-21-27(12-17-31(32)38)22-35-19-18-33(39)36(23-26-10-6-3-7-11-26)34(40)37(35)30(20-25-8-4-2-5-9-25)28-13-15-29(16-14-28)45-24-46(41,42)43/h2-17,21,30,33,38-39H,18-20,22-24H2,1H3,(H2,41,42,43). The van der Waals surface area contributed by atoms with Crippen molar-refractivity contribution in [2.24, 2.45) is 0 Å². The Kier molecular flexibility index (Phi) is 10.6. The number of benzene rings is 4. The van der Waals surface area contributed by atoms with Crippen LogP contribution < -0.4 is 9.47 Å². The van der Waals surface area contributed by atoms with Crippen molar-refractivity contribution in [3.63, 3.8) is 0 Å². The molecule has 4 N–H and O–H groups in total. The van der Waals surface area contributed by atoms with Gasteiger partial charge in [-0.25, -0.2) is 14.8 Å². The molecular weight excluding hydrogens is 609 g/mol. The van der Waals surface area contributed by atoms with Crippen molar-refractivity contribution < 1.29 is 38.8 Å². The zero-order valence-electron chi connectivity index (χ0n) is 25.4. The van der Waals surface area contributed by atoms with E-state index in [1.54, 1.807) is 47.5 Å². The highest BCUT2D eigenvalue weighted by molar-refractivity contribution is 7.51. The molecule has 1 heterocycles. The molecule has 1 fully saturated rings. The number of amides is 2. The van der Waals surface area contributed by atoms with Gasteiger partial charge in [0.25, 0.3) is 0 Å². The van der Waals surface area contributed by atoms with Gasteiger partial charge < -0.3 is 29.5 Å². The summed E-state index contributed by atoms with van der Waals surface area (Å²) >= 11 is 0. The first-order valence-electron chi connectivity index (χ1n) is 14.8. The van der Waals surface area contributed by atoms with Crippen molar-refractivity contribution >= 4 is 13.6 Å². The number of hydrazine groups is 1. The van der Waals surface area contributed by atoms with E-state index in [2.05, 4.69) is 0 Å². The summed E-state index contributed by atoms with van der Waals surface area (Å²) in [5.74, 6) is 0.590. The van der Waals surface area contributed by atoms with Gasteiger partial charge in [-0.3, -0.25) is 9.46 Å². The summed E-state index contributed by atoms with van der Waals surface area (Å²) in [7, 11) is -2.90. The van der Waals surface area contributed by atoms with E-state index in [-0.39, 0.29) is 37.0 Å². The van der Waals surface area contributed by atoms with Crippen LogP contribution >= 0.6 is 7.60 Å². The number of phenols is 1. The molecule has 4 aromatic carbocycles. The van der Waals surface area contributed by atoms with Crippen molar-refractivity contribution in [3.8, 4) is 17.2 Å². The molecule has 11 nitrogen and oxygen atoms in total. The van der Waals surface area contributed by atoms with Gasteiger partial charge in [0, 0.05) is 26.1 Å². The maximum atomic E-state index is 14.7. The smallest absolute Gasteiger partial charge is 0.362 e. The molecule has 2 amide bonds. The normalized spacial score (nSPS) is 16.6. The van der Waals surface area contributed by atoms with E-state index < -0.39 is 26.2 Å². The van der Waals surface area contributed by atoms with Crippen molar-refractivity contribution in [2.75, 3.05) is 20.0 Å². The molecule has 0 spiro atoms. The monoisotopic (exact) mass is 647 g/mol. The Morgan fingerprint density at radius 3 is 2.15 bits per heavy atom. The van der Waals surface area contributed by atoms with E-state index in [1.807, 2.05) is 65.7 Å². The fourth-order valence-electron chi connectivity index (χ4n) is 5.51. The predicted molar refractivity (Wildman–Crippen MR) is 172 cm³/mol. The predicted octanol–water partition coefficient (Wildman–Crippen LogP) is 5.26. The van der Waals surface area contributed by atoms with Crippen LogP contribution in [0.4, 0.5) is 4.79 Å². The molecule has 2 atom stereocenters. The first-order chi connectivity index (χ1) is 22.1. The number of rotatable bonds is 12. The minimum absolute atomic E-state index is 0.00233. The fourth-order valence-corrected chi connectivity index (χ4v) is 5.82. The Morgan fingerprint density at radius 1 is 0.870 bits per heavy atom. The number of nitrogens with zero attached hydrogens (tertiary/aromatic N) is 3. The maximum Gasteiger partial charge on any atom is 0.362 e. The molecular formula is C34H38N3O8P. The largest absolute Gasteiger partial charge is 0.504 e. The van der Waals surface area contributed by atoms with Crippen LogP contribution in [-0.4, -0.2) is 67.2 Å². The van der Waals surface area contributed by atoms with Gasteiger partial charge in [0.1, 0.15) is 12.0 Å². The van der Waals surface area contributed by atoms with Gasteiger partial charge >= 0.3 is 13.6 Å². The summed E-state index contributed by atoms with van der Waals surface area (Å²) in [6, 6.07) is 30.2. The van der Waals surface area contributed by atoms with E-state index >= 15 is 0 Å². The van der Waals surface area contributed by atoms with Crippen LogP contribution in [0.2, 0.25) is 0 Å². The molecule has 1 aliphatic rings. The number of aromatic hydroxyl groups is 1. The lowest BCUT2D eigenvalue weighted by molar-refractivity contribution is -0.0327. The number of phenolic OH excluding ortho intramolecular Hbond substituents is 1. The third-order valence-electron chi connectivity index (χ3n) is 7.79. The lowest BCUT2D eigenvalue weighted by Gasteiger charge is -2.41. The van der Waals surface area contributed by atoms with Gasteiger partial charge in [0.05, 0.1) is 13.2 Å². The van der Waals surface area contributed by atoms with Gasteiger partial charge in [-0.2, -0.15) is 0 Å². The molecule has 4 aromatic rings. The minimum Gasteiger partial charge on any atom is -0.504 e. The molecule has 5 rings (SSSR count). The number of aliphatic hydroxyl groups excluding tert-OH is 1. The Labute approximate surface area is 268 Å². The van der Waals surface area contributed by atoms with Crippen LogP contribution in [0.5, 0.6) is 17.2 Å². The molecule has 12 heteroatoms. The van der Waals surface area contributed by atoms with Gasteiger partial charge in [-0.05, 0) is 52.9 Å².